The average molecular weight is 351 g/mol. The van der Waals surface area contributed by atoms with Gasteiger partial charge < -0.3 is 5.32 Å². The van der Waals surface area contributed by atoms with Gasteiger partial charge in [0.05, 0.1) is 5.56 Å². The van der Waals surface area contributed by atoms with Crippen LogP contribution in [0.4, 0.5) is 18.9 Å². The first-order valence-electron chi connectivity index (χ1n) is 8.29. The topological polar surface area (TPSA) is 33.0 Å². The summed E-state index contributed by atoms with van der Waals surface area (Å²) in [5, 5.41) is 2.60. The third-order valence-electron chi connectivity index (χ3n) is 4.20. The molecule has 1 amide bonds. The maximum atomic E-state index is 12.5. The zero-order chi connectivity index (χ0) is 18.4. The van der Waals surface area contributed by atoms with Gasteiger partial charge in [0, 0.05) is 17.8 Å². The molecule has 1 heterocycles. The summed E-state index contributed by atoms with van der Waals surface area (Å²) in [6.45, 7) is 4.39. The van der Waals surface area contributed by atoms with Crippen LogP contribution < -0.4 is 9.88 Å². The van der Waals surface area contributed by atoms with E-state index in [1.54, 1.807) is 4.57 Å². The molecule has 0 saturated heterocycles. The Bertz CT molecular complexity index is 690. The largest absolute Gasteiger partial charge is 0.416 e. The molecule has 0 aliphatic heterocycles. The molecule has 2 rings (SSSR count). The molecule has 0 aliphatic carbocycles. The lowest BCUT2D eigenvalue weighted by atomic mass is 9.95. The minimum atomic E-state index is -4.38. The number of rotatable bonds is 6. The lowest BCUT2D eigenvalue weighted by Crippen LogP contribution is -2.39. The Kier molecular flexibility index (Phi) is 6.17. The lowest BCUT2D eigenvalue weighted by molar-refractivity contribution is -0.684. The van der Waals surface area contributed by atoms with Gasteiger partial charge in [0.25, 0.3) is 5.91 Å². The van der Waals surface area contributed by atoms with Gasteiger partial charge in [-0.25, -0.2) is 0 Å². The SMILES string of the molecule is CCC(CC)c1cc[n+](CC(=O)Nc2ccc(C(F)(F)F)cc2)cc1. The molecule has 6 heteroatoms. The summed E-state index contributed by atoms with van der Waals surface area (Å²) in [5.74, 6) is 0.218. The Hall–Kier alpha value is -2.37. The van der Waals surface area contributed by atoms with E-state index in [0.717, 1.165) is 25.0 Å². The molecule has 134 valence electrons. The van der Waals surface area contributed by atoms with E-state index in [0.29, 0.717) is 11.6 Å². The summed E-state index contributed by atoms with van der Waals surface area (Å²) in [6.07, 6.45) is 1.44. The van der Waals surface area contributed by atoms with E-state index >= 15 is 0 Å². The number of alkyl halides is 3. The van der Waals surface area contributed by atoms with Crippen LogP contribution in [-0.2, 0) is 17.5 Å². The van der Waals surface area contributed by atoms with Gasteiger partial charge in [-0.2, -0.15) is 17.7 Å². The minimum absolute atomic E-state index is 0.101. The van der Waals surface area contributed by atoms with E-state index < -0.39 is 11.7 Å². The second-order valence-corrected chi connectivity index (χ2v) is 5.94. The highest BCUT2D eigenvalue weighted by Crippen LogP contribution is 2.29. The highest BCUT2D eigenvalue weighted by atomic mass is 19.4. The van der Waals surface area contributed by atoms with Gasteiger partial charge in [-0.1, -0.05) is 13.8 Å². The van der Waals surface area contributed by atoms with Crippen LogP contribution in [0.1, 0.15) is 43.7 Å². The summed E-state index contributed by atoms with van der Waals surface area (Å²) in [4.78, 5) is 12.0. The summed E-state index contributed by atoms with van der Waals surface area (Å²) in [6, 6.07) is 8.41. The number of amides is 1. The van der Waals surface area contributed by atoms with Crippen molar-refractivity contribution in [3.8, 4) is 0 Å². The number of nitrogens with one attached hydrogen (secondary N) is 1. The van der Waals surface area contributed by atoms with Crippen LogP contribution in [-0.4, -0.2) is 5.91 Å². The quantitative estimate of drug-likeness (QED) is 0.762. The monoisotopic (exact) mass is 351 g/mol. The first kappa shape index (κ1) is 19.0. The van der Waals surface area contributed by atoms with Crippen LogP contribution >= 0.6 is 0 Å². The predicted octanol–water partition coefficient (Wildman–Crippen LogP) is 4.54. The van der Waals surface area contributed by atoms with Crippen LogP contribution in [0.25, 0.3) is 0 Å². The van der Waals surface area contributed by atoms with Crippen molar-refractivity contribution in [1.82, 2.24) is 0 Å². The summed E-state index contributed by atoms with van der Waals surface area (Å²) in [7, 11) is 0. The van der Waals surface area contributed by atoms with Crippen molar-refractivity contribution in [1.29, 1.82) is 0 Å². The molecule has 0 unspecified atom stereocenters. The molecular weight excluding hydrogens is 329 g/mol. The number of carbonyl (C=O) groups is 1. The molecule has 2 aromatic rings. The Labute approximate surface area is 145 Å². The molecule has 1 aromatic carbocycles. The Balaban J connectivity index is 1.96. The third kappa shape index (κ3) is 5.31. The van der Waals surface area contributed by atoms with E-state index in [1.165, 1.54) is 17.7 Å². The summed E-state index contributed by atoms with van der Waals surface area (Å²) in [5.41, 5.74) is 0.841. The molecule has 3 nitrogen and oxygen atoms in total. The summed E-state index contributed by atoms with van der Waals surface area (Å²) >= 11 is 0. The van der Waals surface area contributed by atoms with Crippen LogP contribution in [0.15, 0.2) is 48.8 Å². The van der Waals surface area contributed by atoms with Crippen molar-refractivity contribution in [2.45, 2.75) is 45.3 Å². The molecule has 0 aliphatic rings. The van der Waals surface area contributed by atoms with Crippen LogP contribution in [0.5, 0.6) is 0 Å². The zero-order valence-corrected chi connectivity index (χ0v) is 14.3. The molecule has 0 radical (unpaired) electrons. The van der Waals surface area contributed by atoms with Gasteiger partial charge in [0.2, 0.25) is 6.54 Å². The predicted molar refractivity (Wildman–Crippen MR) is 90.0 cm³/mol. The van der Waals surface area contributed by atoms with Crippen molar-refractivity contribution in [3.05, 3.63) is 59.9 Å². The molecule has 0 atom stereocenters. The van der Waals surface area contributed by atoms with Crippen molar-refractivity contribution in [2.24, 2.45) is 0 Å². The number of benzene rings is 1. The molecule has 1 N–H and O–H groups in total. The molecule has 25 heavy (non-hydrogen) atoms. The molecule has 0 bridgehead atoms. The van der Waals surface area contributed by atoms with Gasteiger partial charge >= 0.3 is 6.18 Å². The lowest BCUT2D eigenvalue weighted by Gasteiger charge is -2.11. The van der Waals surface area contributed by atoms with Gasteiger partial charge in [-0.15, -0.1) is 0 Å². The fraction of sp³-hybridized carbons (Fsp3) is 0.368. The van der Waals surface area contributed by atoms with Crippen molar-refractivity contribution in [2.75, 3.05) is 5.32 Å². The molecule has 0 saturated carbocycles. The number of pyridine rings is 1. The Morgan fingerprint density at radius 2 is 1.60 bits per heavy atom. The number of carbonyl (C=O) groups excluding carboxylic acids is 1. The van der Waals surface area contributed by atoms with Gasteiger partial charge in [0.15, 0.2) is 12.4 Å². The van der Waals surface area contributed by atoms with E-state index in [1.807, 2.05) is 24.5 Å². The zero-order valence-electron chi connectivity index (χ0n) is 14.3. The fourth-order valence-corrected chi connectivity index (χ4v) is 2.72. The normalized spacial score (nSPS) is 11.6. The smallest absolute Gasteiger partial charge is 0.321 e. The van der Waals surface area contributed by atoms with Crippen molar-refractivity contribution >= 4 is 11.6 Å². The number of hydrogen-bond acceptors (Lipinski definition) is 1. The van der Waals surface area contributed by atoms with Gasteiger partial charge in [0.1, 0.15) is 0 Å². The molecule has 0 spiro atoms. The second kappa shape index (κ2) is 8.14. The maximum Gasteiger partial charge on any atom is 0.416 e. The fourth-order valence-electron chi connectivity index (χ4n) is 2.72. The van der Waals surface area contributed by atoms with Gasteiger partial charge in [-0.05, 0) is 48.6 Å². The first-order valence-corrected chi connectivity index (χ1v) is 8.29. The highest BCUT2D eigenvalue weighted by molar-refractivity contribution is 5.89. The molecule has 0 fully saturated rings. The Morgan fingerprint density at radius 1 is 1.04 bits per heavy atom. The number of aromatic nitrogens is 1. The maximum absolute atomic E-state index is 12.5. The van der Waals surface area contributed by atoms with E-state index in [-0.39, 0.29) is 12.5 Å². The standard InChI is InChI=1S/C19H21F3N2O/c1-3-14(4-2)15-9-11-24(12-10-15)13-18(25)23-17-7-5-16(6-8-17)19(20,21)22/h5-12,14H,3-4,13H2,1-2H3/p+1. The van der Waals surface area contributed by atoms with Crippen LogP contribution in [0.3, 0.4) is 0 Å². The van der Waals surface area contributed by atoms with E-state index in [9.17, 15) is 18.0 Å². The van der Waals surface area contributed by atoms with E-state index in [2.05, 4.69) is 19.2 Å². The average Bonchev–Trinajstić information content (AvgIpc) is 2.57. The van der Waals surface area contributed by atoms with Gasteiger partial charge in [-0.3, -0.25) is 4.79 Å². The highest BCUT2D eigenvalue weighted by Gasteiger charge is 2.30. The van der Waals surface area contributed by atoms with E-state index in [4.69, 9.17) is 0 Å². The first-order chi connectivity index (χ1) is 11.8. The van der Waals surface area contributed by atoms with Crippen LogP contribution in [0.2, 0.25) is 0 Å². The number of hydrogen-bond donors (Lipinski definition) is 1. The number of nitrogens with zero attached hydrogens (tertiary/aromatic N) is 1. The number of anilines is 1. The van der Waals surface area contributed by atoms with Crippen LogP contribution in [0, 0.1) is 0 Å². The summed E-state index contributed by atoms with van der Waals surface area (Å²) < 4.78 is 39.3. The molecular formula is C19H22F3N2O+. The minimum Gasteiger partial charge on any atom is -0.321 e. The third-order valence-corrected chi connectivity index (χ3v) is 4.20. The van der Waals surface area contributed by atoms with Crippen molar-refractivity contribution < 1.29 is 22.5 Å². The van der Waals surface area contributed by atoms with Crippen molar-refractivity contribution in [3.63, 3.8) is 0 Å². The number of halogens is 3. The molecule has 1 aromatic heterocycles. The second-order valence-electron chi connectivity index (χ2n) is 5.94. The Morgan fingerprint density at radius 3 is 2.08 bits per heavy atom.